The molecular formula is C12H16BrClN2. The Kier molecular flexibility index (Phi) is 3.90. The third-order valence-electron chi connectivity index (χ3n) is 3.36. The Morgan fingerprint density at radius 3 is 2.94 bits per heavy atom. The lowest BCUT2D eigenvalue weighted by molar-refractivity contribution is 0.279. The molecule has 88 valence electrons. The van der Waals surface area contributed by atoms with Gasteiger partial charge in [0, 0.05) is 10.5 Å². The number of benzene rings is 1. The maximum atomic E-state index is 6.01. The van der Waals surface area contributed by atoms with Crippen molar-refractivity contribution in [3.05, 3.63) is 33.3 Å². The number of halogens is 2. The number of nitrogens with zero attached hydrogens (tertiary/aromatic N) is 1. The molecule has 1 aromatic rings. The molecule has 1 saturated heterocycles. The molecule has 1 aliphatic heterocycles. The minimum atomic E-state index is 0.429. The van der Waals surface area contributed by atoms with Gasteiger partial charge in [0.05, 0.1) is 5.02 Å². The molecule has 2 N–H and O–H groups in total. The fourth-order valence-electron chi connectivity index (χ4n) is 2.50. The lowest BCUT2D eigenvalue weighted by atomic mass is 9.94. The van der Waals surface area contributed by atoms with Crippen LogP contribution in [0.3, 0.4) is 0 Å². The van der Waals surface area contributed by atoms with Gasteiger partial charge in [-0.05, 0) is 66.1 Å². The van der Waals surface area contributed by atoms with Crippen LogP contribution in [-0.2, 0) is 0 Å². The van der Waals surface area contributed by atoms with Gasteiger partial charge in [-0.25, -0.2) is 0 Å². The van der Waals surface area contributed by atoms with Crippen LogP contribution in [0.25, 0.3) is 0 Å². The SMILES string of the molecule is CN1CCC(CN)C1c1ccc(Cl)c(Br)c1. The fourth-order valence-corrected chi connectivity index (χ4v) is 3.01. The molecule has 16 heavy (non-hydrogen) atoms. The van der Waals surface area contributed by atoms with Crippen LogP contribution in [0.1, 0.15) is 18.0 Å². The zero-order valence-electron chi connectivity index (χ0n) is 9.29. The van der Waals surface area contributed by atoms with Crippen LogP contribution >= 0.6 is 27.5 Å². The zero-order valence-corrected chi connectivity index (χ0v) is 11.6. The molecule has 0 aromatic heterocycles. The van der Waals surface area contributed by atoms with E-state index >= 15 is 0 Å². The van der Waals surface area contributed by atoms with Gasteiger partial charge in [-0.15, -0.1) is 0 Å². The average molecular weight is 304 g/mol. The molecule has 2 rings (SSSR count). The smallest absolute Gasteiger partial charge is 0.0548 e. The van der Waals surface area contributed by atoms with Crippen LogP contribution in [0.2, 0.25) is 5.02 Å². The molecule has 1 aliphatic rings. The van der Waals surface area contributed by atoms with Crippen molar-refractivity contribution >= 4 is 27.5 Å². The van der Waals surface area contributed by atoms with Gasteiger partial charge >= 0.3 is 0 Å². The van der Waals surface area contributed by atoms with Crippen LogP contribution in [0.15, 0.2) is 22.7 Å². The molecule has 1 aromatic carbocycles. The van der Waals surface area contributed by atoms with Crippen LogP contribution < -0.4 is 5.73 Å². The number of likely N-dealkylation sites (tertiary alicyclic amines) is 1. The topological polar surface area (TPSA) is 29.3 Å². The average Bonchev–Trinajstić information content (AvgIpc) is 2.64. The third kappa shape index (κ3) is 2.28. The fraction of sp³-hybridized carbons (Fsp3) is 0.500. The summed E-state index contributed by atoms with van der Waals surface area (Å²) < 4.78 is 0.961. The summed E-state index contributed by atoms with van der Waals surface area (Å²) in [5, 5.41) is 0.758. The van der Waals surface area contributed by atoms with Crippen LogP contribution in [-0.4, -0.2) is 25.0 Å². The Morgan fingerprint density at radius 2 is 2.31 bits per heavy atom. The second-order valence-corrected chi connectivity index (χ2v) is 5.64. The molecule has 1 heterocycles. The highest BCUT2D eigenvalue weighted by atomic mass is 79.9. The predicted octanol–water partition coefficient (Wildman–Crippen LogP) is 3.05. The second kappa shape index (κ2) is 5.05. The first-order chi connectivity index (χ1) is 7.63. The first-order valence-electron chi connectivity index (χ1n) is 5.48. The lowest BCUT2D eigenvalue weighted by Crippen LogP contribution is -2.25. The standard InChI is InChI=1S/C12H16BrClN2/c1-16-5-4-9(7-15)12(16)8-2-3-11(14)10(13)6-8/h2-3,6,9,12H,4-5,7,15H2,1H3. The van der Waals surface area contributed by atoms with E-state index < -0.39 is 0 Å². The minimum Gasteiger partial charge on any atom is -0.330 e. The number of hydrogen-bond donors (Lipinski definition) is 1. The van der Waals surface area contributed by atoms with Gasteiger partial charge in [-0.2, -0.15) is 0 Å². The summed E-state index contributed by atoms with van der Waals surface area (Å²) >= 11 is 9.48. The van der Waals surface area contributed by atoms with Crippen molar-refractivity contribution in [3.63, 3.8) is 0 Å². The molecule has 0 bridgehead atoms. The van der Waals surface area contributed by atoms with E-state index in [4.69, 9.17) is 17.3 Å². The normalized spacial score (nSPS) is 26.2. The van der Waals surface area contributed by atoms with E-state index in [1.807, 2.05) is 6.07 Å². The Balaban J connectivity index is 2.31. The van der Waals surface area contributed by atoms with Crippen LogP contribution in [0, 0.1) is 5.92 Å². The molecule has 0 saturated carbocycles. The zero-order chi connectivity index (χ0) is 11.7. The molecule has 0 radical (unpaired) electrons. The summed E-state index contributed by atoms with van der Waals surface area (Å²) in [4.78, 5) is 2.37. The van der Waals surface area contributed by atoms with Gasteiger partial charge in [-0.1, -0.05) is 17.7 Å². The third-order valence-corrected chi connectivity index (χ3v) is 4.58. The van der Waals surface area contributed by atoms with Crippen molar-refractivity contribution in [1.82, 2.24) is 4.90 Å². The Bertz CT molecular complexity index is 383. The van der Waals surface area contributed by atoms with E-state index in [0.29, 0.717) is 12.0 Å². The molecule has 0 aliphatic carbocycles. The van der Waals surface area contributed by atoms with Gasteiger partial charge in [0.1, 0.15) is 0 Å². The lowest BCUT2D eigenvalue weighted by Gasteiger charge is -2.25. The van der Waals surface area contributed by atoms with Gasteiger partial charge in [0.15, 0.2) is 0 Å². The van der Waals surface area contributed by atoms with Crippen molar-refractivity contribution in [1.29, 1.82) is 0 Å². The highest BCUT2D eigenvalue weighted by Gasteiger charge is 2.31. The van der Waals surface area contributed by atoms with Crippen LogP contribution in [0.4, 0.5) is 0 Å². The minimum absolute atomic E-state index is 0.429. The van der Waals surface area contributed by atoms with Gasteiger partial charge < -0.3 is 5.73 Å². The molecule has 0 spiro atoms. The van der Waals surface area contributed by atoms with Crippen molar-refractivity contribution in [2.75, 3.05) is 20.1 Å². The Hall–Kier alpha value is -0.0900. The highest BCUT2D eigenvalue weighted by molar-refractivity contribution is 9.10. The van der Waals surface area contributed by atoms with E-state index in [1.54, 1.807) is 0 Å². The summed E-state index contributed by atoms with van der Waals surface area (Å²) in [7, 11) is 2.16. The van der Waals surface area contributed by atoms with E-state index in [2.05, 4.69) is 40.0 Å². The van der Waals surface area contributed by atoms with Crippen LogP contribution in [0.5, 0.6) is 0 Å². The number of hydrogen-bond acceptors (Lipinski definition) is 2. The van der Waals surface area contributed by atoms with Crippen molar-refractivity contribution in [2.45, 2.75) is 12.5 Å². The molecule has 2 nitrogen and oxygen atoms in total. The van der Waals surface area contributed by atoms with Gasteiger partial charge in [-0.3, -0.25) is 4.90 Å². The second-order valence-electron chi connectivity index (χ2n) is 4.38. The summed E-state index contributed by atoms with van der Waals surface area (Å²) in [6.07, 6.45) is 1.18. The van der Waals surface area contributed by atoms with Crippen molar-refractivity contribution < 1.29 is 0 Å². The van der Waals surface area contributed by atoms with Gasteiger partial charge in [0.25, 0.3) is 0 Å². The molecular weight excluding hydrogens is 288 g/mol. The first-order valence-corrected chi connectivity index (χ1v) is 6.66. The summed E-state index contributed by atoms with van der Waals surface area (Å²) in [6.45, 7) is 1.86. The molecule has 2 atom stereocenters. The quantitative estimate of drug-likeness (QED) is 0.910. The number of rotatable bonds is 2. The van der Waals surface area contributed by atoms with E-state index in [1.165, 1.54) is 12.0 Å². The highest BCUT2D eigenvalue weighted by Crippen LogP contribution is 2.37. The van der Waals surface area contributed by atoms with E-state index in [-0.39, 0.29) is 0 Å². The summed E-state index contributed by atoms with van der Waals surface area (Å²) in [5.74, 6) is 0.554. The molecule has 2 unspecified atom stereocenters. The molecule has 0 amide bonds. The van der Waals surface area contributed by atoms with Gasteiger partial charge in [0.2, 0.25) is 0 Å². The van der Waals surface area contributed by atoms with E-state index in [0.717, 1.165) is 22.6 Å². The first kappa shape index (κ1) is 12.4. The maximum Gasteiger partial charge on any atom is 0.0548 e. The number of nitrogens with two attached hydrogens (primary N) is 1. The molecule has 1 fully saturated rings. The Morgan fingerprint density at radius 1 is 1.56 bits per heavy atom. The van der Waals surface area contributed by atoms with Crippen molar-refractivity contribution in [2.24, 2.45) is 11.7 Å². The summed E-state index contributed by atoms with van der Waals surface area (Å²) in [5.41, 5.74) is 7.13. The maximum absolute atomic E-state index is 6.01. The van der Waals surface area contributed by atoms with E-state index in [9.17, 15) is 0 Å². The molecule has 4 heteroatoms. The summed E-state index contributed by atoms with van der Waals surface area (Å²) in [6, 6.07) is 6.58. The Labute approximate surface area is 110 Å². The monoisotopic (exact) mass is 302 g/mol. The largest absolute Gasteiger partial charge is 0.330 e. The van der Waals surface area contributed by atoms with Crippen molar-refractivity contribution in [3.8, 4) is 0 Å². The predicted molar refractivity (Wildman–Crippen MR) is 71.7 cm³/mol.